The Hall–Kier alpha value is -4.44. The van der Waals surface area contributed by atoms with Crippen LogP contribution in [0.25, 0.3) is 0 Å². The van der Waals surface area contributed by atoms with Gasteiger partial charge in [-0.15, -0.1) is 0 Å². The van der Waals surface area contributed by atoms with Crippen LogP contribution < -0.4 is 4.74 Å². The number of unbranched alkanes of at least 4 members (excludes halogenated alkanes) is 2. The maximum Gasteiger partial charge on any atom is 0.311 e. The molecule has 0 aliphatic carbocycles. The van der Waals surface area contributed by atoms with Gasteiger partial charge in [0.2, 0.25) is 0 Å². The van der Waals surface area contributed by atoms with Crippen molar-refractivity contribution in [2.45, 2.75) is 123 Å². The number of carbonyl (C=O) groups is 2. The van der Waals surface area contributed by atoms with Crippen LogP contribution in [0.2, 0.25) is 0 Å². The van der Waals surface area contributed by atoms with Crippen LogP contribution in [0.1, 0.15) is 122 Å². The second-order valence-corrected chi connectivity index (χ2v) is 12.3. The number of allylic oxidation sites excluding steroid dienone is 20. The molecule has 0 N–H and O–H groups in total. The van der Waals surface area contributed by atoms with Crippen molar-refractivity contribution in [1.29, 1.82) is 0 Å². The van der Waals surface area contributed by atoms with E-state index >= 15 is 0 Å². The first-order valence-electron chi connectivity index (χ1n) is 19.6. The zero-order valence-corrected chi connectivity index (χ0v) is 32.2. The third-order valence-electron chi connectivity index (χ3n) is 7.63. The Kier molecular flexibility index (Phi) is 31.9. The Morgan fingerprint density at radius 2 is 0.808 bits per heavy atom. The predicted octanol–water partition coefficient (Wildman–Crippen LogP) is 13.5. The maximum absolute atomic E-state index is 12.2. The van der Waals surface area contributed by atoms with Gasteiger partial charge in [-0.05, 0) is 108 Å². The lowest BCUT2D eigenvalue weighted by Crippen LogP contribution is -2.08. The van der Waals surface area contributed by atoms with Crippen LogP contribution >= 0.6 is 0 Å². The van der Waals surface area contributed by atoms with E-state index in [2.05, 4.69) is 135 Å². The summed E-state index contributed by atoms with van der Waals surface area (Å²) in [6.07, 6.45) is 58.2. The average Bonchev–Trinajstić information content (AvgIpc) is 3.15. The molecular weight excluding hydrogens is 641 g/mol. The minimum atomic E-state index is -0.224. The highest BCUT2D eigenvalue weighted by Crippen LogP contribution is 2.14. The highest BCUT2D eigenvalue weighted by molar-refractivity contribution is 5.72. The van der Waals surface area contributed by atoms with E-state index in [1.807, 2.05) is 12.1 Å². The number of benzene rings is 1. The Labute approximate surface area is 316 Å². The molecule has 4 nitrogen and oxygen atoms in total. The molecule has 52 heavy (non-hydrogen) atoms. The molecule has 4 heteroatoms. The molecule has 0 aliphatic rings. The molecule has 0 spiro atoms. The Morgan fingerprint density at radius 3 is 1.19 bits per heavy atom. The van der Waals surface area contributed by atoms with E-state index in [1.165, 1.54) is 0 Å². The Morgan fingerprint density at radius 1 is 0.462 bits per heavy atom. The molecule has 0 saturated carbocycles. The van der Waals surface area contributed by atoms with E-state index < -0.39 is 0 Å². The molecular formula is C48H66O4. The van der Waals surface area contributed by atoms with E-state index in [0.29, 0.717) is 31.6 Å². The van der Waals surface area contributed by atoms with Gasteiger partial charge in [0.25, 0.3) is 0 Å². The van der Waals surface area contributed by atoms with Gasteiger partial charge >= 0.3 is 11.9 Å². The van der Waals surface area contributed by atoms with Crippen molar-refractivity contribution in [3.8, 4) is 5.75 Å². The van der Waals surface area contributed by atoms with Crippen molar-refractivity contribution in [1.82, 2.24) is 0 Å². The van der Waals surface area contributed by atoms with Gasteiger partial charge < -0.3 is 9.47 Å². The summed E-state index contributed by atoms with van der Waals surface area (Å²) < 4.78 is 10.9. The summed E-state index contributed by atoms with van der Waals surface area (Å²) in [7, 11) is 0. The van der Waals surface area contributed by atoms with Gasteiger partial charge in [0.15, 0.2) is 0 Å². The van der Waals surface area contributed by atoms with Crippen molar-refractivity contribution in [3.63, 3.8) is 0 Å². The molecule has 0 saturated heterocycles. The fourth-order valence-corrected chi connectivity index (χ4v) is 4.73. The molecule has 1 aromatic carbocycles. The number of carbonyl (C=O) groups excluding carboxylic acids is 2. The summed E-state index contributed by atoms with van der Waals surface area (Å²) >= 11 is 0. The van der Waals surface area contributed by atoms with E-state index in [4.69, 9.17) is 9.47 Å². The molecule has 0 aromatic heterocycles. The summed E-state index contributed by atoms with van der Waals surface area (Å²) in [6.45, 7) is 4.64. The molecule has 282 valence electrons. The molecule has 0 heterocycles. The first kappa shape index (κ1) is 45.6. The monoisotopic (exact) mass is 706 g/mol. The van der Waals surface area contributed by atoms with Crippen LogP contribution in [-0.4, -0.2) is 18.5 Å². The number of ether oxygens (including phenoxy) is 2. The van der Waals surface area contributed by atoms with Gasteiger partial charge in [0.1, 0.15) is 5.75 Å². The highest BCUT2D eigenvalue weighted by Gasteiger charge is 2.06. The molecule has 0 unspecified atom stereocenters. The predicted molar refractivity (Wildman–Crippen MR) is 223 cm³/mol. The highest BCUT2D eigenvalue weighted by atomic mass is 16.5. The molecule has 1 aromatic rings. The zero-order chi connectivity index (χ0) is 37.4. The molecule has 0 radical (unpaired) electrons. The van der Waals surface area contributed by atoms with Gasteiger partial charge in [0.05, 0.1) is 6.61 Å². The topological polar surface area (TPSA) is 52.6 Å². The van der Waals surface area contributed by atoms with Crippen LogP contribution in [0, 0.1) is 0 Å². The van der Waals surface area contributed by atoms with Crippen molar-refractivity contribution < 1.29 is 19.1 Å². The Bertz CT molecular complexity index is 1330. The lowest BCUT2D eigenvalue weighted by atomic mass is 10.1. The molecule has 1 rings (SSSR count). The summed E-state index contributed by atoms with van der Waals surface area (Å²) in [6, 6.07) is 7.41. The maximum atomic E-state index is 12.2. The van der Waals surface area contributed by atoms with Crippen LogP contribution in [0.5, 0.6) is 5.75 Å². The lowest BCUT2D eigenvalue weighted by Gasteiger charge is -2.07. The fourth-order valence-electron chi connectivity index (χ4n) is 4.73. The number of hydrogen-bond donors (Lipinski definition) is 0. The fraction of sp³-hybridized carbons (Fsp3) is 0.417. The van der Waals surface area contributed by atoms with Crippen molar-refractivity contribution in [2.24, 2.45) is 0 Å². The lowest BCUT2D eigenvalue weighted by molar-refractivity contribution is -0.143. The molecule has 0 amide bonds. The Balaban J connectivity index is 2.05. The van der Waals surface area contributed by atoms with Crippen LogP contribution in [0.4, 0.5) is 0 Å². The van der Waals surface area contributed by atoms with Crippen molar-refractivity contribution >= 4 is 11.9 Å². The molecule has 0 fully saturated rings. The third kappa shape index (κ3) is 31.5. The standard InChI is InChI=1S/C48H66O4/c1-3-5-7-9-11-13-15-17-19-21-23-25-27-29-31-33-35-37-47(49)51-44-43-45-39-41-46(42-40-45)52-48(50)38-36-34-32-30-28-26-24-22-20-18-16-14-12-10-8-6-4-2/h5-8,11-14,17-20,23-26,29-32,39-42H,3-4,9-10,15-16,21-22,27-28,33-38,43-44H2,1-2H3/b7-5+,8-6+,13-11+,14-12+,19-17+,20-18+,25-23+,26-24+,31-29+,32-30-. The minimum Gasteiger partial charge on any atom is -0.465 e. The van der Waals surface area contributed by atoms with E-state index in [0.717, 1.165) is 95.5 Å². The second-order valence-electron chi connectivity index (χ2n) is 12.3. The molecule has 0 atom stereocenters. The average molecular weight is 707 g/mol. The number of rotatable bonds is 30. The van der Waals surface area contributed by atoms with Gasteiger partial charge in [-0.25, -0.2) is 0 Å². The minimum absolute atomic E-state index is 0.164. The quantitative estimate of drug-likeness (QED) is 0.0346. The molecule has 0 aliphatic heterocycles. The third-order valence-corrected chi connectivity index (χ3v) is 7.63. The van der Waals surface area contributed by atoms with Crippen LogP contribution in [-0.2, 0) is 20.7 Å². The number of esters is 2. The zero-order valence-electron chi connectivity index (χ0n) is 32.2. The number of hydrogen-bond acceptors (Lipinski definition) is 4. The van der Waals surface area contributed by atoms with Gasteiger partial charge in [-0.3, -0.25) is 9.59 Å². The van der Waals surface area contributed by atoms with E-state index in [-0.39, 0.29) is 11.9 Å². The van der Waals surface area contributed by atoms with Gasteiger partial charge in [-0.2, -0.15) is 0 Å². The van der Waals surface area contributed by atoms with Crippen LogP contribution in [0.15, 0.2) is 146 Å². The first-order chi connectivity index (χ1) is 25.7. The van der Waals surface area contributed by atoms with Crippen molar-refractivity contribution in [2.75, 3.05) is 6.61 Å². The molecule has 0 bridgehead atoms. The SMILES string of the molecule is CC/C=C/C/C=C/C/C=C/C/C=C/C/C=C\CCCC(=O)Oc1ccc(CCOC(=O)CCC/C=C/C/C=C/C/C=C/C/C=C/C/C=C/CC)cc1. The van der Waals surface area contributed by atoms with Crippen LogP contribution in [0.3, 0.4) is 0 Å². The van der Waals surface area contributed by atoms with E-state index in [9.17, 15) is 9.59 Å². The summed E-state index contributed by atoms with van der Waals surface area (Å²) in [5.74, 6) is 0.150. The first-order valence-corrected chi connectivity index (χ1v) is 19.6. The summed E-state index contributed by atoms with van der Waals surface area (Å²) in [5, 5.41) is 0. The van der Waals surface area contributed by atoms with Crippen molar-refractivity contribution in [3.05, 3.63) is 151 Å². The normalized spacial score (nSPS) is 12.8. The van der Waals surface area contributed by atoms with E-state index in [1.54, 1.807) is 12.1 Å². The summed E-state index contributed by atoms with van der Waals surface area (Å²) in [5.41, 5.74) is 1.03. The largest absolute Gasteiger partial charge is 0.465 e. The second kappa shape index (κ2) is 36.4. The van der Waals surface area contributed by atoms with Gasteiger partial charge in [0, 0.05) is 19.3 Å². The van der Waals surface area contributed by atoms with Gasteiger partial charge in [-0.1, -0.05) is 148 Å². The summed E-state index contributed by atoms with van der Waals surface area (Å²) in [4.78, 5) is 24.3. The smallest absolute Gasteiger partial charge is 0.311 e.